The molecular formula is C23H28N6O3. The quantitative estimate of drug-likeness (QED) is 0.441. The van der Waals surface area contributed by atoms with E-state index in [0.29, 0.717) is 23.5 Å². The number of carbonyl (C=O) groups is 3. The van der Waals surface area contributed by atoms with Gasteiger partial charge in [0.05, 0.1) is 5.56 Å². The van der Waals surface area contributed by atoms with Crippen molar-refractivity contribution in [3.05, 3.63) is 53.7 Å². The Balaban J connectivity index is 1.89. The van der Waals surface area contributed by atoms with Crippen molar-refractivity contribution in [1.29, 1.82) is 0 Å². The van der Waals surface area contributed by atoms with Crippen molar-refractivity contribution in [2.75, 3.05) is 10.6 Å². The Labute approximate surface area is 186 Å². The first kappa shape index (κ1) is 22.9. The van der Waals surface area contributed by atoms with Gasteiger partial charge < -0.3 is 22.1 Å². The third kappa shape index (κ3) is 5.48. The van der Waals surface area contributed by atoms with Crippen molar-refractivity contribution >= 4 is 35.1 Å². The third-order valence-corrected chi connectivity index (χ3v) is 5.75. The number of primary amides is 2. The van der Waals surface area contributed by atoms with Crippen molar-refractivity contribution in [3.8, 4) is 0 Å². The van der Waals surface area contributed by atoms with Crippen LogP contribution in [0.2, 0.25) is 0 Å². The van der Waals surface area contributed by atoms with Gasteiger partial charge in [-0.1, -0.05) is 25.5 Å². The summed E-state index contributed by atoms with van der Waals surface area (Å²) in [6, 6.07) is 4.99. The molecule has 3 rings (SSSR count). The van der Waals surface area contributed by atoms with Gasteiger partial charge in [0, 0.05) is 29.9 Å². The summed E-state index contributed by atoms with van der Waals surface area (Å²) in [5.41, 5.74) is 12.9. The molecule has 9 heteroatoms. The highest BCUT2D eigenvalue weighted by Crippen LogP contribution is 2.31. The maximum Gasteiger partial charge on any atom is 0.254 e. The van der Waals surface area contributed by atoms with E-state index in [2.05, 4.69) is 27.2 Å². The number of nitrogens with zero attached hydrogens (tertiary/aromatic N) is 2. The van der Waals surface area contributed by atoms with Crippen molar-refractivity contribution in [3.63, 3.8) is 0 Å². The lowest BCUT2D eigenvalue weighted by Crippen LogP contribution is -2.34. The second kappa shape index (κ2) is 10.0. The van der Waals surface area contributed by atoms with E-state index in [1.54, 1.807) is 18.2 Å². The normalized spacial score (nSPS) is 17.9. The van der Waals surface area contributed by atoms with Crippen LogP contribution < -0.4 is 22.1 Å². The third-order valence-electron chi connectivity index (χ3n) is 5.75. The number of hydrogen-bond acceptors (Lipinski definition) is 7. The number of benzene rings is 1. The summed E-state index contributed by atoms with van der Waals surface area (Å²) >= 11 is 0. The van der Waals surface area contributed by atoms with Crippen LogP contribution in [0.4, 0.5) is 17.5 Å². The summed E-state index contributed by atoms with van der Waals surface area (Å²) in [5.74, 6) is -0.554. The van der Waals surface area contributed by atoms with Gasteiger partial charge in [0.15, 0.2) is 5.78 Å². The Kier molecular flexibility index (Phi) is 7.19. The Hall–Kier alpha value is -3.75. The van der Waals surface area contributed by atoms with Crippen LogP contribution >= 0.6 is 0 Å². The highest BCUT2D eigenvalue weighted by molar-refractivity contribution is 5.97. The number of allylic oxidation sites excluding steroid dienone is 1. The van der Waals surface area contributed by atoms with Gasteiger partial charge in [0.2, 0.25) is 11.9 Å². The zero-order valence-electron chi connectivity index (χ0n) is 18.1. The standard InChI is InChI=1S/C23H28N6O3/c1-3-16(30)10-14-6-4-5-7-18(14)27-22-17(21(25)32)12-26-23(29-22)28-19-11-15(20(24)31)9-8-13(19)2/h3,8-9,11-12,14,18H,1,4-7,10H2,2H3,(H2,24,31)(H2,25,32)(H2,26,27,28,29). The van der Waals surface area contributed by atoms with Crippen LogP contribution in [0.1, 0.15) is 58.4 Å². The van der Waals surface area contributed by atoms with Crippen molar-refractivity contribution in [2.24, 2.45) is 17.4 Å². The Morgan fingerprint density at radius 3 is 2.62 bits per heavy atom. The number of carbonyl (C=O) groups excluding carboxylic acids is 3. The predicted molar refractivity (Wildman–Crippen MR) is 123 cm³/mol. The van der Waals surface area contributed by atoms with Crippen LogP contribution in [0.3, 0.4) is 0 Å². The topological polar surface area (TPSA) is 153 Å². The van der Waals surface area contributed by atoms with Crippen LogP contribution in [0.5, 0.6) is 0 Å². The number of aromatic nitrogens is 2. The summed E-state index contributed by atoms with van der Waals surface area (Å²) in [6.45, 7) is 5.43. The molecule has 1 aromatic carbocycles. The first-order valence-corrected chi connectivity index (χ1v) is 10.5. The summed E-state index contributed by atoms with van der Waals surface area (Å²) in [4.78, 5) is 44.1. The van der Waals surface area contributed by atoms with Crippen LogP contribution in [-0.2, 0) is 4.79 Å². The van der Waals surface area contributed by atoms with E-state index >= 15 is 0 Å². The van der Waals surface area contributed by atoms with Crippen molar-refractivity contribution in [1.82, 2.24) is 9.97 Å². The molecule has 1 saturated carbocycles. The zero-order valence-corrected chi connectivity index (χ0v) is 18.1. The first-order valence-electron chi connectivity index (χ1n) is 10.5. The maximum absolute atomic E-state index is 12.0. The Morgan fingerprint density at radius 2 is 1.94 bits per heavy atom. The van der Waals surface area contributed by atoms with Gasteiger partial charge in [0.1, 0.15) is 5.82 Å². The summed E-state index contributed by atoms with van der Waals surface area (Å²) < 4.78 is 0. The minimum absolute atomic E-state index is 0.00586. The molecule has 9 nitrogen and oxygen atoms in total. The number of amides is 2. The minimum Gasteiger partial charge on any atom is -0.366 e. The molecule has 168 valence electrons. The van der Waals surface area contributed by atoms with Crippen molar-refractivity contribution in [2.45, 2.75) is 45.1 Å². The number of anilines is 3. The van der Waals surface area contributed by atoms with Crippen LogP contribution in [0.15, 0.2) is 37.1 Å². The molecule has 0 aliphatic heterocycles. The van der Waals surface area contributed by atoms with Gasteiger partial charge in [0.25, 0.3) is 5.91 Å². The van der Waals surface area contributed by atoms with Gasteiger partial charge in [-0.05, 0) is 49.5 Å². The molecule has 1 aromatic heterocycles. The monoisotopic (exact) mass is 436 g/mol. The number of hydrogen-bond donors (Lipinski definition) is 4. The fraction of sp³-hybridized carbons (Fsp3) is 0.348. The number of aryl methyl sites for hydroxylation is 1. The lowest BCUT2D eigenvalue weighted by Gasteiger charge is -2.32. The molecule has 0 spiro atoms. The van der Waals surface area contributed by atoms with Crippen LogP contribution in [0.25, 0.3) is 0 Å². The van der Waals surface area contributed by atoms with E-state index in [4.69, 9.17) is 11.5 Å². The molecule has 1 aliphatic rings. The molecule has 1 aliphatic carbocycles. The van der Waals surface area contributed by atoms with E-state index in [1.165, 1.54) is 12.3 Å². The summed E-state index contributed by atoms with van der Waals surface area (Å²) in [6.07, 6.45) is 6.90. The van der Waals surface area contributed by atoms with E-state index in [1.807, 2.05) is 6.92 Å². The van der Waals surface area contributed by atoms with Crippen LogP contribution in [0, 0.1) is 12.8 Å². The van der Waals surface area contributed by atoms with Gasteiger partial charge in [-0.15, -0.1) is 0 Å². The Morgan fingerprint density at radius 1 is 1.19 bits per heavy atom. The minimum atomic E-state index is -0.652. The molecule has 1 fully saturated rings. The fourth-order valence-corrected chi connectivity index (χ4v) is 3.92. The molecule has 2 aromatic rings. The molecule has 1 heterocycles. The molecule has 0 saturated heterocycles. The molecule has 2 amide bonds. The average Bonchev–Trinajstić information content (AvgIpc) is 2.76. The number of rotatable bonds is 9. The van der Waals surface area contributed by atoms with E-state index < -0.39 is 11.8 Å². The first-order chi connectivity index (χ1) is 15.3. The van der Waals surface area contributed by atoms with E-state index in [-0.39, 0.29) is 29.3 Å². The average molecular weight is 437 g/mol. The van der Waals surface area contributed by atoms with Crippen LogP contribution in [-0.4, -0.2) is 33.6 Å². The lowest BCUT2D eigenvalue weighted by molar-refractivity contribution is -0.115. The van der Waals surface area contributed by atoms with E-state index in [9.17, 15) is 14.4 Å². The van der Waals surface area contributed by atoms with E-state index in [0.717, 1.165) is 31.2 Å². The second-order valence-electron chi connectivity index (χ2n) is 8.01. The molecule has 2 atom stereocenters. The maximum atomic E-state index is 12.0. The highest BCUT2D eigenvalue weighted by Gasteiger charge is 2.28. The predicted octanol–water partition coefficient (Wildman–Crippen LogP) is 2.84. The molecule has 6 N–H and O–H groups in total. The number of nitrogens with two attached hydrogens (primary N) is 2. The van der Waals surface area contributed by atoms with Gasteiger partial charge >= 0.3 is 0 Å². The summed E-state index contributed by atoms with van der Waals surface area (Å²) in [5, 5.41) is 6.40. The zero-order chi connectivity index (χ0) is 23.3. The second-order valence-corrected chi connectivity index (χ2v) is 8.01. The number of nitrogens with one attached hydrogen (secondary N) is 2. The highest BCUT2D eigenvalue weighted by atomic mass is 16.1. The largest absolute Gasteiger partial charge is 0.366 e. The Bertz CT molecular complexity index is 1050. The fourth-order valence-electron chi connectivity index (χ4n) is 3.92. The SMILES string of the molecule is C=CC(=O)CC1CCCCC1Nc1nc(Nc2cc(C(N)=O)ccc2C)ncc1C(N)=O. The number of ketones is 1. The van der Waals surface area contributed by atoms with Crippen molar-refractivity contribution < 1.29 is 14.4 Å². The lowest BCUT2D eigenvalue weighted by atomic mass is 9.81. The van der Waals surface area contributed by atoms with Gasteiger partial charge in [-0.2, -0.15) is 4.98 Å². The smallest absolute Gasteiger partial charge is 0.254 e. The van der Waals surface area contributed by atoms with Gasteiger partial charge in [-0.3, -0.25) is 14.4 Å². The molecular weight excluding hydrogens is 408 g/mol. The summed E-state index contributed by atoms with van der Waals surface area (Å²) in [7, 11) is 0. The molecule has 2 unspecified atom stereocenters. The van der Waals surface area contributed by atoms with Gasteiger partial charge in [-0.25, -0.2) is 4.98 Å². The molecule has 32 heavy (non-hydrogen) atoms. The molecule has 0 bridgehead atoms. The molecule has 0 radical (unpaired) electrons.